The van der Waals surface area contributed by atoms with Crippen LogP contribution in [0.25, 0.3) is 5.57 Å². The van der Waals surface area contributed by atoms with Crippen molar-refractivity contribution in [3.8, 4) is 5.75 Å². The third-order valence-corrected chi connectivity index (χ3v) is 4.65. The summed E-state index contributed by atoms with van der Waals surface area (Å²) in [6, 6.07) is 12.0. The number of rotatable bonds is 6. The Labute approximate surface area is 141 Å². The molecule has 1 aromatic carbocycles. The highest BCUT2D eigenvalue weighted by Crippen LogP contribution is 2.21. The first-order chi connectivity index (χ1) is 10.8. The minimum absolute atomic E-state index is 0.0432. The predicted octanol–water partition coefficient (Wildman–Crippen LogP) is 3.31. The van der Waals surface area contributed by atoms with Gasteiger partial charge in [0, 0.05) is 13.6 Å². The molecule has 1 heterocycles. The van der Waals surface area contributed by atoms with Crippen LogP contribution < -0.4 is 4.18 Å². The number of hydrogen-bond donors (Lipinski definition) is 0. The topological polar surface area (TPSA) is 59.5 Å². The maximum Gasteiger partial charge on any atom is 0.385 e. The highest BCUT2D eigenvalue weighted by molar-refractivity contribution is 7.84. The van der Waals surface area contributed by atoms with Crippen molar-refractivity contribution in [3.05, 3.63) is 65.5 Å². The first-order valence-electron chi connectivity index (χ1n) is 6.81. The van der Waals surface area contributed by atoms with Crippen molar-refractivity contribution in [2.45, 2.75) is 6.92 Å². The lowest BCUT2D eigenvalue weighted by molar-refractivity contribution is 0.409. The first kappa shape index (κ1) is 17.5. The predicted molar refractivity (Wildman–Crippen MR) is 91.6 cm³/mol. The zero-order valence-corrected chi connectivity index (χ0v) is 14.4. The minimum Gasteiger partial charge on any atom is -0.370 e. The van der Waals surface area contributed by atoms with Gasteiger partial charge in [0.1, 0.15) is 10.9 Å². The average molecular weight is 353 g/mol. The molecule has 0 unspecified atom stereocenters. The number of likely N-dealkylation sites (N-methyl/N-ethyl adjacent to an activating group) is 1. The maximum atomic E-state index is 12.3. The fourth-order valence-electron chi connectivity index (χ4n) is 1.86. The Balaban J connectivity index is 2.11. The second-order valence-corrected chi connectivity index (χ2v) is 7.04. The van der Waals surface area contributed by atoms with Crippen LogP contribution >= 0.6 is 11.6 Å². The molecule has 2 rings (SSSR count). The second kappa shape index (κ2) is 7.12. The van der Waals surface area contributed by atoms with Crippen molar-refractivity contribution < 1.29 is 12.6 Å². The molecule has 0 saturated heterocycles. The maximum absolute atomic E-state index is 12.3. The third kappa shape index (κ3) is 4.54. The van der Waals surface area contributed by atoms with Gasteiger partial charge >= 0.3 is 10.3 Å². The van der Waals surface area contributed by atoms with Crippen LogP contribution in [-0.4, -0.2) is 31.3 Å². The number of halogens is 1. The number of aromatic nitrogens is 1. The van der Waals surface area contributed by atoms with Crippen molar-refractivity contribution in [1.82, 2.24) is 9.29 Å². The van der Waals surface area contributed by atoms with E-state index in [0.29, 0.717) is 22.2 Å². The molecule has 0 atom stereocenters. The summed E-state index contributed by atoms with van der Waals surface area (Å²) in [5.41, 5.74) is 1.79. The molecule has 0 radical (unpaired) electrons. The first-order valence-corrected chi connectivity index (χ1v) is 8.56. The van der Waals surface area contributed by atoms with Crippen LogP contribution in [0.2, 0.25) is 5.15 Å². The molecule has 2 aromatic rings. The lowest BCUT2D eigenvalue weighted by atomic mass is 10.2. The molecule has 0 spiro atoms. The van der Waals surface area contributed by atoms with Gasteiger partial charge in [-0.05, 0) is 36.3 Å². The molecule has 0 bridgehead atoms. The van der Waals surface area contributed by atoms with Crippen LogP contribution in [0.15, 0.2) is 49.0 Å². The quantitative estimate of drug-likeness (QED) is 0.748. The van der Waals surface area contributed by atoms with E-state index in [-0.39, 0.29) is 6.54 Å². The summed E-state index contributed by atoms with van der Waals surface area (Å²) in [7, 11) is -2.52. The van der Waals surface area contributed by atoms with Crippen molar-refractivity contribution in [2.75, 3.05) is 13.6 Å². The molecule has 0 N–H and O–H groups in total. The van der Waals surface area contributed by atoms with Crippen LogP contribution in [0, 0.1) is 6.92 Å². The van der Waals surface area contributed by atoms with Crippen molar-refractivity contribution in [2.24, 2.45) is 0 Å². The number of aryl methyl sites for hydroxylation is 1. The molecule has 0 saturated carbocycles. The van der Waals surface area contributed by atoms with Gasteiger partial charge in [-0.15, -0.1) is 0 Å². The molecule has 0 aliphatic carbocycles. The van der Waals surface area contributed by atoms with Crippen molar-refractivity contribution >= 4 is 27.5 Å². The van der Waals surface area contributed by atoms with Crippen molar-refractivity contribution in [1.29, 1.82) is 0 Å². The summed E-state index contributed by atoms with van der Waals surface area (Å²) in [4.78, 5) is 4.11. The molecule has 0 aliphatic heterocycles. The monoisotopic (exact) mass is 352 g/mol. The van der Waals surface area contributed by atoms with E-state index in [1.165, 1.54) is 7.05 Å². The SMILES string of the molecule is C=C(CN(C)S(=O)(=O)Oc1ccccc1C)c1cccc(Cl)n1. The van der Waals surface area contributed by atoms with Gasteiger partial charge < -0.3 is 4.18 Å². The molecule has 1 aromatic heterocycles. The van der Waals surface area contributed by atoms with Crippen LogP contribution in [0.1, 0.15) is 11.3 Å². The van der Waals surface area contributed by atoms with E-state index in [4.69, 9.17) is 15.8 Å². The number of nitrogens with zero attached hydrogens (tertiary/aromatic N) is 2. The summed E-state index contributed by atoms with van der Waals surface area (Å²) >= 11 is 5.83. The zero-order chi connectivity index (χ0) is 17.0. The van der Waals surface area contributed by atoms with Crippen molar-refractivity contribution in [3.63, 3.8) is 0 Å². The smallest absolute Gasteiger partial charge is 0.370 e. The number of hydrogen-bond acceptors (Lipinski definition) is 4. The van der Waals surface area contributed by atoms with E-state index < -0.39 is 10.3 Å². The average Bonchev–Trinajstić information content (AvgIpc) is 2.49. The molecule has 0 fully saturated rings. The van der Waals surface area contributed by atoms with Gasteiger partial charge in [0.05, 0.1) is 5.69 Å². The second-order valence-electron chi connectivity index (χ2n) is 5.01. The summed E-state index contributed by atoms with van der Waals surface area (Å²) in [6.07, 6.45) is 0. The molecular weight excluding hydrogens is 336 g/mol. The van der Waals surface area contributed by atoms with Gasteiger partial charge in [-0.3, -0.25) is 0 Å². The number of benzene rings is 1. The van der Waals surface area contributed by atoms with Crippen LogP contribution in [-0.2, 0) is 10.3 Å². The minimum atomic E-state index is -3.94. The Morgan fingerprint density at radius 1 is 1.26 bits per heavy atom. The van der Waals surface area contributed by atoms with Gasteiger partial charge in [-0.25, -0.2) is 4.98 Å². The van der Waals surface area contributed by atoms with E-state index >= 15 is 0 Å². The molecule has 0 aliphatic rings. The highest BCUT2D eigenvalue weighted by Gasteiger charge is 2.22. The summed E-state index contributed by atoms with van der Waals surface area (Å²) in [6.45, 7) is 5.68. The Morgan fingerprint density at radius 3 is 2.61 bits per heavy atom. The van der Waals surface area contributed by atoms with Gasteiger partial charge in [0.2, 0.25) is 0 Å². The van der Waals surface area contributed by atoms with Gasteiger partial charge in [0.25, 0.3) is 0 Å². The normalized spacial score (nSPS) is 11.5. The molecule has 122 valence electrons. The number of para-hydroxylation sites is 1. The number of pyridine rings is 1. The Kier molecular flexibility index (Phi) is 5.41. The Morgan fingerprint density at radius 2 is 1.96 bits per heavy atom. The van der Waals surface area contributed by atoms with Crippen LogP contribution in [0.3, 0.4) is 0 Å². The molecule has 0 amide bonds. The van der Waals surface area contributed by atoms with E-state index in [1.54, 1.807) is 43.3 Å². The Bertz CT molecular complexity index is 822. The highest BCUT2D eigenvalue weighted by atomic mass is 35.5. The van der Waals surface area contributed by atoms with Gasteiger partial charge in [0.15, 0.2) is 0 Å². The van der Waals surface area contributed by atoms with E-state index in [9.17, 15) is 8.42 Å². The largest absolute Gasteiger partial charge is 0.385 e. The molecule has 23 heavy (non-hydrogen) atoms. The van der Waals surface area contributed by atoms with Crippen LogP contribution in [0.5, 0.6) is 5.75 Å². The van der Waals surface area contributed by atoms with E-state index in [2.05, 4.69) is 11.6 Å². The van der Waals surface area contributed by atoms with E-state index in [1.807, 2.05) is 6.07 Å². The fraction of sp³-hybridized carbons (Fsp3) is 0.188. The summed E-state index contributed by atoms with van der Waals surface area (Å²) in [5, 5.41) is 0.324. The zero-order valence-electron chi connectivity index (χ0n) is 12.9. The molecule has 5 nitrogen and oxygen atoms in total. The molecular formula is C16H17ClN2O3S. The fourth-order valence-corrected chi connectivity index (χ4v) is 2.88. The van der Waals surface area contributed by atoms with Crippen LogP contribution in [0.4, 0.5) is 0 Å². The Hall–Kier alpha value is -1.89. The van der Waals surface area contributed by atoms with Gasteiger partial charge in [-0.1, -0.05) is 42.4 Å². The summed E-state index contributed by atoms with van der Waals surface area (Å²) < 4.78 is 30.8. The standard InChI is InChI=1S/C16H17ClN2O3S/c1-12-7-4-5-9-15(12)22-23(20,21)19(3)11-13(2)14-8-6-10-16(17)18-14/h4-10H,2,11H2,1,3H3. The van der Waals surface area contributed by atoms with E-state index in [0.717, 1.165) is 9.87 Å². The molecule has 7 heteroatoms. The van der Waals surface area contributed by atoms with Gasteiger partial charge in [-0.2, -0.15) is 12.7 Å². The third-order valence-electron chi connectivity index (χ3n) is 3.16. The summed E-state index contributed by atoms with van der Waals surface area (Å²) in [5.74, 6) is 0.297. The lowest BCUT2D eigenvalue weighted by Crippen LogP contribution is -2.32. The lowest BCUT2D eigenvalue weighted by Gasteiger charge is -2.18.